The monoisotopic (exact) mass is 358 g/mol. The fourth-order valence-corrected chi connectivity index (χ4v) is 2.94. The number of nitrogens with zero attached hydrogens (tertiary/aromatic N) is 2. The zero-order chi connectivity index (χ0) is 19.1. The van der Waals surface area contributed by atoms with Crippen LogP contribution in [-0.2, 0) is 14.3 Å². The summed E-state index contributed by atoms with van der Waals surface area (Å²) in [6, 6.07) is 8.38. The minimum atomic E-state index is -1.00. The molecule has 1 atom stereocenters. The summed E-state index contributed by atoms with van der Waals surface area (Å²) >= 11 is 0. The van der Waals surface area contributed by atoms with E-state index in [-0.39, 0.29) is 30.8 Å². The lowest BCUT2D eigenvalue weighted by atomic mass is 9.95. The Morgan fingerprint density at radius 3 is 2.42 bits per heavy atom. The maximum atomic E-state index is 12.4. The zero-order valence-electron chi connectivity index (χ0n) is 14.7. The van der Waals surface area contributed by atoms with Gasteiger partial charge in [0.05, 0.1) is 17.7 Å². The Labute approximate surface area is 152 Å². The van der Waals surface area contributed by atoms with Crippen LogP contribution in [0.25, 0.3) is 0 Å². The van der Waals surface area contributed by atoms with Gasteiger partial charge in [0.2, 0.25) is 5.91 Å². The van der Waals surface area contributed by atoms with Gasteiger partial charge in [0.25, 0.3) is 0 Å². The number of carboxylic acids is 1. The normalized spacial score (nSPS) is 15.9. The second-order valence-electron chi connectivity index (χ2n) is 6.44. The van der Waals surface area contributed by atoms with Crippen LogP contribution in [0.3, 0.4) is 0 Å². The van der Waals surface area contributed by atoms with E-state index < -0.39 is 11.9 Å². The molecule has 138 valence electrons. The molecule has 1 unspecified atom stereocenters. The highest BCUT2D eigenvalue weighted by molar-refractivity contribution is 5.99. The van der Waals surface area contributed by atoms with Crippen molar-refractivity contribution in [1.82, 2.24) is 4.90 Å². The standard InChI is InChI=1S/C19H22N2O5/c1-13(19(25)15-4-2-14(11-20)3-5-15)10-17(22)21-8-6-16(7-9-21)26-12-18(23)24/h2-5,13,16H,6-10,12H2,1H3,(H,23,24). The second kappa shape index (κ2) is 9.11. The number of carboxylic acid groups (broad SMARTS) is 1. The number of ketones is 1. The quantitative estimate of drug-likeness (QED) is 0.746. The highest BCUT2D eigenvalue weighted by atomic mass is 16.5. The second-order valence-corrected chi connectivity index (χ2v) is 6.44. The van der Waals surface area contributed by atoms with E-state index >= 15 is 0 Å². The number of Topliss-reactive ketones (excluding diaryl/α,β-unsaturated/α-hetero) is 1. The number of hydrogen-bond donors (Lipinski definition) is 1. The first kappa shape index (κ1) is 19.6. The van der Waals surface area contributed by atoms with Gasteiger partial charge in [-0.3, -0.25) is 9.59 Å². The van der Waals surface area contributed by atoms with Gasteiger partial charge in [0, 0.05) is 31.0 Å². The smallest absolute Gasteiger partial charge is 0.329 e. The van der Waals surface area contributed by atoms with Crippen molar-refractivity contribution in [3.05, 3.63) is 35.4 Å². The van der Waals surface area contributed by atoms with E-state index in [0.29, 0.717) is 37.1 Å². The van der Waals surface area contributed by atoms with E-state index in [9.17, 15) is 14.4 Å². The predicted molar refractivity (Wildman–Crippen MR) is 92.5 cm³/mol. The van der Waals surface area contributed by atoms with Crippen molar-refractivity contribution in [1.29, 1.82) is 5.26 Å². The maximum Gasteiger partial charge on any atom is 0.329 e. The van der Waals surface area contributed by atoms with Gasteiger partial charge in [-0.15, -0.1) is 0 Å². The number of aliphatic carboxylic acids is 1. The molecule has 1 saturated heterocycles. The topological polar surface area (TPSA) is 108 Å². The predicted octanol–water partition coefficient (Wildman–Crippen LogP) is 1.86. The summed E-state index contributed by atoms with van der Waals surface area (Å²) in [6.07, 6.45) is 1.17. The number of piperidine rings is 1. The van der Waals surface area contributed by atoms with Gasteiger partial charge in [-0.2, -0.15) is 5.26 Å². The Morgan fingerprint density at radius 1 is 1.27 bits per heavy atom. The summed E-state index contributed by atoms with van der Waals surface area (Å²) in [7, 11) is 0. The van der Waals surface area contributed by atoms with Gasteiger partial charge < -0.3 is 14.7 Å². The summed E-state index contributed by atoms with van der Waals surface area (Å²) in [5.41, 5.74) is 0.975. The number of benzene rings is 1. The van der Waals surface area contributed by atoms with Crippen LogP contribution in [0.1, 0.15) is 42.1 Å². The summed E-state index contributed by atoms with van der Waals surface area (Å²) in [4.78, 5) is 37.1. The number of hydrogen-bond acceptors (Lipinski definition) is 5. The molecule has 1 N–H and O–H groups in total. The van der Waals surface area contributed by atoms with Crippen LogP contribution in [0.15, 0.2) is 24.3 Å². The Hall–Kier alpha value is -2.72. The third-order valence-electron chi connectivity index (χ3n) is 4.46. The van der Waals surface area contributed by atoms with Gasteiger partial charge in [-0.05, 0) is 25.0 Å². The van der Waals surface area contributed by atoms with E-state index in [1.165, 1.54) is 0 Å². The summed E-state index contributed by atoms with van der Waals surface area (Å²) in [5.74, 6) is -1.66. The van der Waals surface area contributed by atoms with Crippen LogP contribution < -0.4 is 0 Å². The molecular weight excluding hydrogens is 336 g/mol. The molecule has 0 saturated carbocycles. The third-order valence-corrected chi connectivity index (χ3v) is 4.46. The number of ether oxygens (including phenoxy) is 1. The maximum absolute atomic E-state index is 12.4. The summed E-state index contributed by atoms with van der Waals surface area (Å²) < 4.78 is 5.25. The van der Waals surface area contributed by atoms with Crippen molar-refractivity contribution in [3.63, 3.8) is 0 Å². The molecule has 0 spiro atoms. The van der Waals surface area contributed by atoms with Crippen molar-refractivity contribution in [2.24, 2.45) is 5.92 Å². The van der Waals surface area contributed by atoms with Crippen LogP contribution in [0.4, 0.5) is 0 Å². The number of likely N-dealkylation sites (tertiary alicyclic amines) is 1. The SMILES string of the molecule is CC(CC(=O)N1CCC(OCC(=O)O)CC1)C(=O)c1ccc(C#N)cc1. The average Bonchev–Trinajstić information content (AvgIpc) is 2.66. The molecule has 7 nitrogen and oxygen atoms in total. The van der Waals surface area contributed by atoms with Crippen molar-refractivity contribution < 1.29 is 24.2 Å². The van der Waals surface area contributed by atoms with Gasteiger partial charge in [0.1, 0.15) is 6.61 Å². The fourth-order valence-electron chi connectivity index (χ4n) is 2.94. The molecular formula is C19H22N2O5. The molecule has 1 aliphatic heterocycles. The number of nitriles is 1. The molecule has 0 aromatic heterocycles. The third kappa shape index (κ3) is 5.39. The molecule has 7 heteroatoms. The Kier molecular flexibility index (Phi) is 6.87. The first-order valence-electron chi connectivity index (χ1n) is 8.56. The first-order chi connectivity index (χ1) is 12.4. The molecule has 1 amide bonds. The number of amides is 1. The highest BCUT2D eigenvalue weighted by Crippen LogP contribution is 2.18. The van der Waals surface area contributed by atoms with Crippen LogP contribution >= 0.6 is 0 Å². The number of carbonyl (C=O) groups is 3. The summed E-state index contributed by atoms with van der Waals surface area (Å²) in [5, 5.41) is 17.4. The molecule has 2 rings (SSSR count). The molecule has 0 aliphatic carbocycles. The zero-order valence-corrected chi connectivity index (χ0v) is 14.7. The lowest BCUT2D eigenvalue weighted by Gasteiger charge is -2.32. The minimum absolute atomic E-state index is 0.0869. The van der Waals surface area contributed by atoms with E-state index in [1.54, 1.807) is 36.1 Å². The molecule has 1 heterocycles. The van der Waals surface area contributed by atoms with E-state index in [0.717, 1.165) is 0 Å². The highest BCUT2D eigenvalue weighted by Gasteiger charge is 2.26. The van der Waals surface area contributed by atoms with Gasteiger partial charge in [-0.1, -0.05) is 19.1 Å². The van der Waals surface area contributed by atoms with E-state index in [4.69, 9.17) is 15.1 Å². The van der Waals surface area contributed by atoms with Crippen molar-refractivity contribution >= 4 is 17.7 Å². The Balaban J connectivity index is 1.82. The molecule has 1 aromatic carbocycles. The largest absolute Gasteiger partial charge is 0.480 e. The van der Waals surface area contributed by atoms with Crippen LogP contribution in [-0.4, -0.2) is 53.5 Å². The van der Waals surface area contributed by atoms with Gasteiger partial charge in [-0.25, -0.2) is 4.79 Å². The fraction of sp³-hybridized carbons (Fsp3) is 0.474. The van der Waals surface area contributed by atoms with Crippen LogP contribution in [0.5, 0.6) is 0 Å². The van der Waals surface area contributed by atoms with Gasteiger partial charge in [0.15, 0.2) is 5.78 Å². The molecule has 1 aromatic rings. The summed E-state index contributed by atoms with van der Waals surface area (Å²) in [6.45, 7) is 2.40. The lowest BCUT2D eigenvalue weighted by molar-refractivity contribution is -0.147. The van der Waals surface area contributed by atoms with E-state index in [2.05, 4.69) is 0 Å². The van der Waals surface area contributed by atoms with Crippen molar-refractivity contribution in [2.75, 3.05) is 19.7 Å². The lowest BCUT2D eigenvalue weighted by Crippen LogP contribution is -2.42. The van der Waals surface area contributed by atoms with Crippen molar-refractivity contribution in [2.45, 2.75) is 32.3 Å². The minimum Gasteiger partial charge on any atom is -0.480 e. The average molecular weight is 358 g/mol. The first-order valence-corrected chi connectivity index (χ1v) is 8.56. The number of carbonyl (C=O) groups excluding carboxylic acids is 2. The Bertz CT molecular complexity index is 700. The Morgan fingerprint density at radius 2 is 1.88 bits per heavy atom. The molecule has 0 radical (unpaired) electrons. The van der Waals surface area contributed by atoms with Crippen molar-refractivity contribution in [3.8, 4) is 6.07 Å². The van der Waals surface area contributed by atoms with Crippen LogP contribution in [0.2, 0.25) is 0 Å². The molecule has 26 heavy (non-hydrogen) atoms. The van der Waals surface area contributed by atoms with Crippen LogP contribution in [0, 0.1) is 17.2 Å². The molecule has 0 bridgehead atoms. The molecule has 1 fully saturated rings. The number of rotatable bonds is 7. The van der Waals surface area contributed by atoms with Gasteiger partial charge >= 0.3 is 5.97 Å². The molecule has 1 aliphatic rings. The van der Waals surface area contributed by atoms with E-state index in [1.807, 2.05) is 6.07 Å².